The van der Waals surface area contributed by atoms with Crippen molar-refractivity contribution in [2.24, 2.45) is 11.8 Å². The number of hydrogen-bond acceptors (Lipinski definition) is 4. The van der Waals surface area contributed by atoms with Gasteiger partial charge in [0, 0.05) is 45.3 Å². The van der Waals surface area contributed by atoms with Gasteiger partial charge in [0.25, 0.3) is 0 Å². The first-order chi connectivity index (χ1) is 13.0. The van der Waals surface area contributed by atoms with Crippen molar-refractivity contribution in [3.63, 3.8) is 0 Å². The van der Waals surface area contributed by atoms with E-state index in [0.717, 1.165) is 19.5 Å². The molecule has 4 atom stereocenters. The Morgan fingerprint density at radius 1 is 0.963 bits per heavy atom. The molecule has 3 fully saturated rings. The van der Waals surface area contributed by atoms with E-state index in [0.29, 0.717) is 57.3 Å². The van der Waals surface area contributed by atoms with Crippen LogP contribution in [-0.4, -0.2) is 91.2 Å². The second-order valence-corrected chi connectivity index (χ2v) is 8.46. The Bertz CT molecular complexity index is 515. The first-order valence-corrected chi connectivity index (χ1v) is 10.6. The highest BCUT2D eigenvalue weighted by molar-refractivity contribution is 5.81. The van der Waals surface area contributed by atoms with Crippen LogP contribution < -0.4 is 5.32 Å². The van der Waals surface area contributed by atoms with Crippen molar-refractivity contribution in [2.75, 3.05) is 52.5 Å². The topological polar surface area (TPSA) is 65.1 Å². The molecule has 4 unspecified atom stereocenters. The van der Waals surface area contributed by atoms with Gasteiger partial charge in [0.05, 0.1) is 19.3 Å². The van der Waals surface area contributed by atoms with Gasteiger partial charge in [-0.3, -0.25) is 9.69 Å². The highest BCUT2D eigenvalue weighted by atomic mass is 16.5. The average Bonchev–Trinajstić information content (AvgIpc) is 2.71. The first-order valence-electron chi connectivity index (χ1n) is 10.6. The molecular formula is C20H36N4O3. The van der Waals surface area contributed by atoms with Gasteiger partial charge in [-0.05, 0) is 25.2 Å². The zero-order valence-electron chi connectivity index (χ0n) is 17.2. The Hall–Kier alpha value is -1.34. The molecule has 7 nitrogen and oxygen atoms in total. The molecule has 1 N–H and O–H groups in total. The number of carbonyl (C=O) groups is 2. The standard InChI is InChI=1S/C20H36N4O3/c1-15-5-4-6-18(16(15)2)21-19(25)17(3)22-7-9-23(10-8-22)20(26)24-11-13-27-14-12-24/h15-18H,4-14H2,1-3H3,(H,21,25). The quantitative estimate of drug-likeness (QED) is 0.804. The van der Waals surface area contributed by atoms with Crippen LogP contribution in [-0.2, 0) is 9.53 Å². The fourth-order valence-electron chi connectivity index (χ4n) is 4.51. The number of ether oxygens (including phenoxy) is 1. The number of nitrogens with one attached hydrogen (secondary N) is 1. The number of morpholine rings is 1. The van der Waals surface area contributed by atoms with E-state index in [1.165, 1.54) is 12.8 Å². The minimum atomic E-state index is -0.143. The maximum absolute atomic E-state index is 12.8. The van der Waals surface area contributed by atoms with Crippen LogP contribution in [0.1, 0.15) is 40.0 Å². The van der Waals surface area contributed by atoms with Crippen LogP contribution in [0.3, 0.4) is 0 Å². The van der Waals surface area contributed by atoms with Crippen molar-refractivity contribution in [2.45, 2.75) is 52.1 Å². The van der Waals surface area contributed by atoms with Gasteiger partial charge in [-0.1, -0.05) is 26.7 Å². The van der Waals surface area contributed by atoms with E-state index in [1.54, 1.807) is 0 Å². The molecule has 1 aliphatic carbocycles. The third-order valence-electron chi connectivity index (χ3n) is 6.83. The third-order valence-corrected chi connectivity index (χ3v) is 6.83. The van der Waals surface area contributed by atoms with Gasteiger partial charge in [-0.15, -0.1) is 0 Å². The Balaban J connectivity index is 1.45. The third kappa shape index (κ3) is 4.93. The van der Waals surface area contributed by atoms with E-state index in [4.69, 9.17) is 4.74 Å². The molecule has 0 aromatic heterocycles. The van der Waals surface area contributed by atoms with Crippen LogP contribution >= 0.6 is 0 Å². The number of nitrogens with zero attached hydrogens (tertiary/aromatic N) is 3. The van der Waals surface area contributed by atoms with Crippen molar-refractivity contribution < 1.29 is 14.3 Å². The lowest BCUT2D eigenvalue weighted by molar-refractivity contribution is -0.127. The molecule has 3 aliphatic rings. The van der Waals surface area contributed by atoms with Crippen molar-refractivity contribution in [1.29, 1.82) is 0 Å². The zero-order chi connectivity index (χ0) is 19.4. The molecule has 0 aromatic rings. The van der Waals surface area contributed by atoms with E-state index in [9.17, 15) is 9.59 Å². The molecule has 7 heteroatoms. The van der Waals surface area contributed by atoms with Gasteiger partial charge in [-0.2, -0.15) is 0 Å². The molecule has 0 spiro atoms. The normalized spacial score (nSPS) is 31.4. The van der Waals surface area contributed by atoms with Gasteiger partial charge >= 0.3 is 6.03 Å². The largest absolute Gasteiger partial charge is 0.378 e. The van der Waals surface area contributed by atoms with Crippen molar-refractivity contribution in [3.05, 3.63) is 0 Å². The summed E-state index contributed by atoms with van der Waals surface area (Å²) in [6.07, 6.45) is 3.56. The predicted molar refractivity (Wildman–Crippen MR) is 105 cm³/mol. The summed E-state index contributed by atoms with van der Waals surface area (Å²) in [5.41, 5.74) is 0. The van der Waals surface area contributed by atoms with Crippen LogP contribution in [0.2, 0.25) is 0 Å². The van der Waals surface area contributed by atoms with E-state index in [2.05, 4.69) is 24.1 Å². The van der Waals surface area contributed by atoms with Crippen LogP contribution in [0.5, 0.6) is 0 Å². The molecule has 2 saturated heterocycles. The minimum absolute atomic E-state index is 0.111. The molecule has 0 radical (unpaired) electrons. The summed E-state index contributed by atoms with van der Waals surface area (Å²) in [7, 11) is 0. The fourth-order valence-corrected chi connectivity index (χ4v) is 4.51. The van der Waals surface area contributed by atoms with Crippen LogP contribution in [0.15, 0.2) is 0 Å². The van der Waals surface area contributed by atoms with E-state index < -0.39 is 0 Å². The second-order valence-electron chi connectivity index (χ2n) is 8.46. The molecule has 1 saturated carbocycles. The molecule has 3 rings (SSSR count). The number of urea groups is 1. The fraction of sp³-hybridized carbons (Fsp3) is 0.900. The summed E-state index contributed by atoms with van der Waals surface area (Å²) in [4.78, 5) is 31.4. The summed E-state index contributed by atoms with van der Waals surface area (Å²) in [5.74, 6) is 1.35. The molecular weight excluding hydrogens is 344 g/mol. The smallest absolute Gasteiger partial charge is 0.320 e. The van der Waals surface area contributed by atoms with Crippen molar-refractivity contribution in [3.8, 4) is 0 Å². The van der Waals surface area contributed by atoms with Gasteiger partial charge in [0.15, 0.2) is 0 Å². The Morgan fingerprint density at radius 2 is 1.59 bits per heavy atom. The Labute approximate surface area is 163 Å². The molecule has 154 valence electrons. The highest BCUT2D eigenvalue weighted by Gasteiger charge is 2.33. The molecule has 0 aromatic carbocycles. The Morgan fingerprint density at radius 3 is 2.26 bits per heavy atom. The van der Waals surface area contributed by atoms with Crippen LogP contribution in [0.25, 0.3) is 0 Å². The van der Waals surface area contributed by atoms with Gasteiger partial charge in [0.1, 0.15) is 0 Å². The second kappa shape index (κ2) is 9.24. The maximum atomic E-state index is 12.8. The lowest BCUT2D eigenvalue weighted by Crippen LogP contribution is -2.59. The van der Waals surface area contributed by atoms with E-state index >= 15 is 0 Å². The van der Waals surface area contributed by atoms with Gasteiger partial charge < -0.3 is 19.9 Å². The average molecular weight is 381 g/mol. The maximum Gasteiger partial charge on any atom is 0.320 e. The lowest BCUT2D eigenvalue weighted by Gasteiger charge is -2.41. The molecule has 3 amide bonds. The van der Waals surface area contributed by atoms with Crippen LogP contribution in [0.4, 0.5) is 4.79 Å². The highest BCUT2D eigenvalue weighted by Crippen LogP contribution is 2.29. The summed E-state index contributed by atoms with van der Waals surface area (Å²) >= 11 is 0. The molecule has 27 heavy (non-hydrogen) atoms. The summed E-state index contributed by atoms with van der Waals surface area (Å²) in [6, 6.07) is 0.267. The van der Waals surface area contributed by atoms with E-state index in [-0.39, 0.29) is 18.0 Å². The van der Waals surface area contributed by atoms with Crippen molar-refractivity contribution in [1.82, 2.24) is 20.0 Å². The predicted octanol–water partition coefficient (Wildman–Crippen LogP) is 1.39. The number of carbonyl (C=O) groups excluding carboxylic acids is 2. The number of hydrogen-bond donors (Lipinski definition) is 1. The van der Waals surface area contributed by atoms with Crippen LogP contribution in [0, 0.1) is 11.8 Å². The number of rotatable bonds is 3. The van der Waals surface area contributed by atoms with Gasteiger partial charge in [-0.25, -0.2) is 4.79 Å². The summed E-state index contributed by atoms with van der Waals surface area (Å²) < 4.78 is 5.32. The zero-order valence-corrected chi connectivity index (χ0v) is 17.2. The number of amides is 3. The molecule has 0 bridgehead atoms. The minimum Gasteiger partial charge on any atom is -0.378 e. The van der Waals surface area contributed by atoms with Crippen molar-refractivity contribution >= 4 is 11.9 Å². The summed E-state index contributed by atoms with van der Waals surface area (Å²) in [6.45, 7) is 12.0. The number of piperazine rings is 1. The monoisotopic (exact) mass is 380 g/mol. The lowest BCUT2D eigenvalue weighted by atomic mass is 9.78. The van der Waals surface area contributed by atoms with Gasteiger partial charge in [0.2, 0.25) is 5.91 Å². The molecule has 2 aliphatic heterocycles. The molecule has 2 heterocycles. The van der Waals surface area contributed by atoms with E-state index in [1.807, 2.05) is 16.7 Å². The SMILES string of the molecule is CC1CCCC(NC(=O)C(C)N2CCN(C(=O)N3CCOCC3)CC2)C1C. The summed E-state index contributed by atoms with van der Waals surface area (Å²) in [5, 5.41) is 3.30. The Kier molecular flexibility index (Phi) is 6.98. The first kappa shape index (κ1) is 20.4.